The maximum Gasteiger partial charge on any atom is 0.131 e. The number of hydrogen-bond acceptors (Lipinski definition) is 5. The molecule has 1 aliphatic heterocycles. The minimum Gasteiger partial charge on any atom is -0.373 e. The van der Waals surface area contributed by atoms with Crippen molar-refractivity contribution in [1.29, 1.82) is 0 Å². The van der Waals surface area contributed by atoms with E-state index in [9.17, 15) is 0 Å². The molecule has 1 fully saturated rings. The van der Waals surface area contributed by atoms with Crippen LogP contribution in [-0.2, 0) is 0 Å². The van der Waals surface area contributed by atoms with Gasteiger partial charge >= 0.3 is 0 Å². The molecule has 0 radical (unpaired) electrons. The predicted octanol–water partition coefficient (Wildman–Crippen LogP) is 1.83. The van der Waals surface area contributed by atoms with E-state index in [1.165, 1.54) is 18.6 Å². The fraction of sp³-hybridized carbons (Fsp3) is 0.600. The highest BCUT2D eigenvalue weighted by Crippen LogP contribution is 2.26. The van der Waals surface area contributed by atoms with Crippen molar-refractivity contribution in [3.63, 3.8) is 0 Å². The Hall–Kier alpha value is -0.970. The van der Waals surface area contributed by atoms with Gasteiger partial charge in [0.25, 0.3) is 0 Å². The third-order valence-corrected chi connectivity index (χ3v) is 3.86. The quantitative estimate of drug-likeness (QED) is 0.817. The number of aromatic nitrogens is 2. The molecule has 15 heavy (non-hydrogen) atoms. The Morgan fingerprint density at radius 1 is 1.47 bits per heavy atom. The molecule has 1 saturated heterocycles. The number of thioether (sulfide) groups is 1. The van der Waals surface area contributed by atoms with Crippen molar-refractivity contribution >= 4 is 23.4 Å². The van der Waals surface area contributed by atoms with Crippen LogP contribution in [0.15, 0.2) is 12.4 Å². The van der Waals surface area contributed by atoms with Crippen molar-refractivity contribution < 1.29 is 0 Å². The zero-order valence-electron chi connectivity index (χ0n) is 8.86. The fourth-order valence-electron chi connectivity index (χ4n) is 1.61. The van der Waals surface area contributed by atoms with Crippen LogP contribution < -0.4 is 10.6 Å². The van der Waals surface area contributed by atoms with Crippen molar-refractivity contribution in [1.82, 2.24) is 9.97 Å². The molecule has 2 N–H and O–H groups in total. The van der Waals surface area contributed by atoms with E-state index in [-0.39, 0.29) is 0 Å². The summed E-state index contributed by atoms with van der Waals surface area (Å²) in [6.07, 6.45) is 4.25. The molecule has 2 heterocycles. The summed E-state index contributed by atoms with van der Waals surface area (Å²) in [7, 11) is 1.86. The first kappa shape index (κ1) is 10.5. The van der Waals surface area contributed by atoms with Gasteiger partial charge in [0.05, 0.1) is 0 Å². The lowest BCUT2D eigenvalue weighted by Crippen LogP contribution is -2.14. The Morgan fingerprint density at radius 3 is 3.07 bits per heavy atom. The molecule has 0 aromatic carbocycles. The molecule has 0 aliphatic carbocycles. The Bertz CT molecular complexity index is 312. The van der Waals surface area contributed by atoms with Gasteiger partial charge < -0.3 is 10.6 Å². The molecule has 82 valence electrons. The van der Waals surface area contributed by atoms with Crippen molar-refractivity contribution in [2.24, 2.45) is 0 Å². The monoisotopic (exact) mass is 224 g/mol. The number of anilines is 2. The molecule has 1 atom stereocenters. The van der Waals surface area contributed by atoms with Gasteiger partial charge in [0.2, 0.25) is 0 Å². The van der Waals surface area contributed by atoms with Crippen molar-refractivity contribution in [2.75, 3.05) is 30.0 Å². The molecule has 1 unspecified atom stereocenters. The maximum atomic E-state index is 4.18. The lowest BCUT2D eigenvalue weighted by atomic mass is 10.2. The van der Waals surface area contributed by atoms with E-state index in [2.05, 4.69) is 32.4 Å². The highest BCUT2D eigenvalue weighted by atomic mass is 32.2. The Kier molecular flexibility index (Phi) is 3.66. The van der Waals surface area contributed by atoms with E-state index in [0.29, 0.717) is 0 Å². The summed E-state index contributed by atoms with van der Waals surface area (Å²) in [6.45, 7) is 1.00. The molecule has 0 saturated carbocycles. The molecule has 1 aliphatic rings. The van der Waals surface area contributed by atoms with Gasteiger partial charge in [-0.15, -0.1) is 0 Å². The Balaban J connectivity index is 1.86. The predicted molar refractivity (Wildman–Crippen MR) is 65.5 cm³/mol. The third kappa shape index (κ3) is 2.99. The number of nitrogens with zero attached hydrogens (tertiary/aromatic N) is 2. The molecule has 4 nitrogen and oxygen atoms in total. The van der Waals surface area contributed by atoms with Crippen LogP contribution in [0, 0.1) is 0 Å². The van der Waals surface area contributed by atoms with E-state index >= 15 is 0 Å². The second-order valence-corrected chi connectivity index (χ2v) is 4.96. The van der Waals surface area contributed by atoms with E-state index in [0.717, 1.165) is 23.4 Å². The SMILES string of the molecule is CNc1cc(NCC2CCCS2)ncn1. The van der Waals surface area contributed by atoms with Gasteiger partial charge in [-0.3, -0.25) is 0 Å². The van der Waals surface area contributed by atoms with Gasteiger partial charge in [-0.05, 0) is 18.6 Å². The standard InChI is InChI=1S/C10H16N4S/c1-11-9-5-10(14-7-13-9)12-6-8-3-2-4-15-8/h5,7-8H,2-4,6H2,1H3,(H2,11,12,13,14). The first-order valence-electron chi connectivity index (χ1n) is 5.24. The number of rotatable bonds is 4. The van der Waals surface area contributed by atoms with Crippen LogP contribution in [0.3, 0.4) is 0 Å². The van der Waals surface area contributed by atoms with Crippen LogP contribution in [0.1, 0.15) is 12.8 Å². The molecule has 1 aromatic rings. The van der Waals surface area contributed by atoms with Gasteiger partial charge in [0.1, 0.15) is 18.0 Å². The Labute approximate surface area is 94.3 Å². The zero-order valence-corrected chi connectivity index (χ0v) is 9.68. The maximum absolute atomic E-state index is 4.18. The molecular formula is C10H16N4S. The first-order chi connectivity index (χ1) is 7.38. The van der Waals surface area contributed by atoms with Gasteiger partial charge in [-0.25, -0.2) is 9.97 Å². The molecular weight excluding hydrogens is 208 g/mol. The number of hydrogen-bond donors (Lipinski definition) is 2. The topological polar surface area (TPSA) is 49.8 Å². The second kappa shape index (κ2) is 5.21. The summed E-state index contributed by atoms with van der Waals surface area (Å²) in [5.41, 5.74) is 0. The third-order valence-electron chi connectivity index (χ3n) is 2.46. The summed E-state index contributed by atoms with van der Waals surface area (Å²) in [6, 6.07) is 1.93. The van der Waals surface area contributed by atoms with Crippen molar-refractivity contribution in [2.45, 2.75) is 18.1 Å². The zero-order chi connectivity index (χ0) is 10.5. The lowest BCUT2D eigenvalue weighted by Gasteiger charge is -2.10. The van der Waals surface area contributed by atoms with E-state index in [1.807, 2.05) is 13.1 Å². The highest BCUT2D eigenvalue weighted by molar-refractivity contribution is 8.00. The van der Waals surface area contributed by atoms with E-state index in [4.69, 9.17) is 0 Å². The molecule has 1 aromatic heterocycles. The summed E-state index contributed by atoms with van der Waals surface area (Å²) < 4.78 is 0. The number of nitrogens with one attached hydrogen (secondary N) is 2. The van der Waals surface area contributed by atoms with Crippen LogP contribution in [0.5, 0.6) is 0 Å². The van der Waals surface area contributed by atoms with E-state index < -0.39 is 0 Å². The van der Waals surface area contributed by atoms with Crippen LogP contribution in [0.4, 0.5) is 11.6 Å². The molecule has 0 bridgehead atoms. The second-order valence-electron chi connectivity index (χ2n) is 3.55. The first-order valence-corrected chi connectivity index (χ1v) is 6.28. The van der Waals surface area contributed by atoms with Gasteiger partial charge in [-0.1, -0.05) is 0 Å². The Morgan fingerprint density at radius 2 is 2.33 bits per heavy atom. The summed E-state index contributed by atoms with van der Waals surface area (Å²) in [4.78, 5) is 8.25. The van der Waals surface area contributed by atoms with Crippen molar-refractivity contribution in [3.8, 4) is 0 Å². The van der Waals surface area contributed by atoms with E-state index in [1.54, 1.807) is 6.33 Å². The lowest BCUT2D eigenvalue weighted by molar-refractivity contribution is 0.803. The normalized spacial score (nSPS) is 20.2. The summed E-state index contributed by atoms with van der Waals surface area (Å²) in [5.74, 6) is 3.06. The summed E-state index contributed by atoms with van der Waals surface area (Å²) in [5, 5.41) is 7.10. The van der Waals surface area contributed by atoms with Crippen molar-refractivity contribution in [3.05, 3.63) is 12.4 Å². The van der Waals surface area contributed by atoms with Crippen LogP contribution in [-0.4, -0.2) is 34.6 Å². The largest absolute Gasteiger partial charge is 0.373 e. The van der Waals surface area contributed by atoms with Gasteiger partial charge in [0.15, 0.2) is 0 Å². The molecule has 0 spiro atoms. The highest BCUT2D eigenvalue weighted by Gasteiger charge is 2.14. The van der Waals surface area contributed by atoms with Gasteiger partial charge in [-0.2, -0.15) is 11.8 Å². The molecule has 0 amide bonds. The fourth-order valence-corrected chi connectivity index (χ4v) is 2.82. The molecule has 2 rings (SSSR count). The average Bonchev–Trinajstić information content (AvgIpc) is 2.79. The van der Waals surface area contributed by atoms with Crippen LogP contribution in [0.2, 0.25) is 0 Å². The van der Waals surface area contributed by atoms with Crippen LogP contribution >= 0.6 is 11.8 Å². The minimum absolute atomic E-state index is 0.748. The molecule has 5 heteroatoms. The smallest absolute Gasteiger partial charge is 0.131 e. The minimum atomic E-state index is 0.748. The summed E-state index contributed by atoms with van der Waals surface area (Å²) >= 11 is 2.05. The average molecular weight is 224 g/mol. The van der Waals surface area contributed by atoms with Gasteiger partial charge in [0, 0.05) is 24.9 Å². The van der Waals surface area contributed by atoms with Crippen LogP contribution in [0.25, 0.3) is 0 Å².